The van der Waals surface area contributed by atoms with Crippen LogP contribution >= 0.6 is 11.6 Å². The van der Waals surface area contributed by atoms with Crippen LogP contribution in [0.15, 0.2) is 24.5 Å². The number of hydrogen-bond acceptors (Lipinski definition) is 4. The monoisotopic (exact) mass is 252 g/mol. The maximum Gasteiger partial charge on any atom is 0.157 e. The van der Waals surface area contributed by atoms with Crippen molar-refractivity contribution in [2.45, 2.75) is 6.10 Å². The van der Waals surface area contributed by atoms with Crippen molar-refractivity contribution in [1.82, 2.24) is 14.6 Å². The molecule has 90 valence electrons. The van der Waals surface area contributed by atoms with E-state index in [4.69, 9.17) is 16.3 Å². The van der Waals surface area contributed by atoms with Gasteiger partial charge in [-0.2, -0.15) is 5.10 Å². The third kappa shape index (κ3) is 2.08. The van der Waals surface area contributed by atoms with Crippen LogP contribution in [0.25, 0.3) is 5.65 Å². The smallest absolute Gasteiger partial charge is 0.157 e. The molecule has 0 aromatic carbocycles. The van der Waals surface area contributed by atoms with Gasteiger partial charge in [-0.05, 0) is 6.07 Å². The Balaban J connectivity index is 1.86. The Kier molecular flexibility index (Phi) is 2.86. The lowest BCUT2D eigenvalue weighted by Crippen LogP contribution is -2.43. The molecule has 1 atom stereocenters. The quantitative estimate of drug-likeness (QED) is 0.753. The van der Waals surface area contributed by atoms with Gasteiger partial charge < -0.3 is 9.64 Å². The number of nitrogens with zero attached hydrogens (tertiary/aromatic N) is 4. The first-order valence-corrected chi connectivity index (χ1v) is 6.13. The summed E-state index contributed by atoms with van der Waals surface area (Å²) < 4.78 is 7.29. The van der Waals surface area contributed by atoms with Crippen molar-refractivity contribution in [3.05, 3.63) is 24.5 Å². The summed E-state index contributed by atoms with van der Waals surface area (Å²) in [5.74, 6) is 1.47. The molecule has 1 aliphatic rings. The minimum Gasteiger partial charge on any atom is -0.373 e. The first-order chi connectivity index (χ1) is 8.36. The van der Waals surface area contributed by atoms with Crippen LogP contribution in [0.2, 0.25) is 0 Å². The predicted molar refractivity (Wildman–Crippen MR) is 65.7 cm³/mol. The molecule has 5 nitrogen and oxygen atoms in total. The van der Waals surface area contributed by atoms with Gasteiger partial charge in [0, 0.05) is 25.4 Å². The van der Waals surface area contributed by atoms with E-state index in [0.29, 0.717) is 12.5 Å². The highest BCUT2D eigenvalue weighted by molar-refractivity contribution is 6.18. The summed E-state index contributed by atoms with van der Waals surface area (Å²) >= 11 is 5.82. The molecule has 1 saturated heterocycles. The van der Waals surface area contributed by atoms with Crippen LogP contribution in [0.1, 0.15) is 0 Å². The fraction of sp³-hybridized carbons (Fsp3) is 0.455. The third-order valence-electron chi connectivity index (χ3n) is 2.88. The van der Waals surface area contributed by atoms with E-state index < -0.39 is 0 Å². The van der Waals surface area contributed by atoms with Crippen LogP contribution in [0, 0.1) is 0 Å². The summed E-state index contributed by atoms with van der Waals surface area (Å²) in [6, 6.07) is 3.86. The van der Waals surface area contributed by atoms with Gasteiger partial charge in [-0.3, -0.25) is 0 Å². The molecule has 2 aromatic heterocycles. The third-order valence-corrected chi connectivity index (χ3v) is 3.22. The molecule has 6 heteroatoms. The zero-order valence-corrected chi connectivity index (χ0v) is 10.0. The lowest BCUT2D eigenvalue weighted by Gasteiger charge is -2.32. The predicted octanol–water partition coefficient (Wildman–Crippen LogP) is 1.17. The number of rotatable bonds is 2. The Morgan fingerprint density at radius 2 is 2.41 bits per heavy atom. The van der Waals surface area contributed by atoms with Crippen LogP contribution < -0.4 is 4.90 Å². The van der Waals surface area contributed by atoms with E-state index in [9.17, 15) is 0 Å². The minimum absolute atomic E-state index is 0.0911. The SMILES string of the molecule is ClCC1CN(c2ccn3nccc3n2)CCO1. The molecule has 0 amide bonds. The van der Waals surface area contributed by atoms with Gasteiger partial charge in [-0.15, -0.1) is 11.6 Å². The topological polar surface area (TPSA) is 42.7 Å². The molecule has 3 rings (SSSR count). The number of anilines is 1. The lowest BCUT2D eigenvalue weighted by atomic mass is 10.3. The van der Waals surface area contributed by atoms with Crippen LogP contribution in [0.5, 0.6) is 0 Å². The summed E-state index contributed by atoms with van der Waals surface area (Å²) in [6.45, 7) is 2.34. The van der Waals surface area contributed by atoms with Gasteiger partial charge in [-0.25, -0.2) is 9.50 Å². The average molecular weight is 253 g/mol. The lowest BCUT2D eigenvalue weighted by molar-refractivity contribution is 0.0552. The highest BCUT2D eigenvalue weighted by Crippen LogP contribution is 2.16. The molecule has 2 aromatic rings. The van der Waals surface area contributed by atoms with E-state index in [0.717, 1.165) is 24.6 Å². The number of alkyl halides is 1. The van der Waals surface area contributed by atoms with Crippen molar-refractivity contribution in [1.29, 1.82) is 0 Å². The van der Waals surface area contributed by atoms with Gasteiger partial charge in [-0.1, -0.05) is 0 Å². The number of halogens is 1. The first kappa shape index (κ1) is 10.8. The number of aromatic nitrogens is 3. The molecule has 0 spiro atoms. The standard InChI is InChI=1S/C11H13ClN4O/c12-7-9-8-15(5-6-17-9)10-2-4-16-11(14-10)1-3-13-16/h1-4,9H,5-8H2. The van der Waals surface area contributed by atoms with E-state index in [1.54, 1.807) is 10.7 Å². The normalized spacial score (nSPS) is 21.0. The maximum absolute atomic E-state index is 5.82. The number of fused-ring (bicyclic) bond motifs is 1. The van der Waals surface area contributed by atoms with Crippen LogP contribution in [-0.4, -0.2) is 46.3 Å². The number of hydrogen-bond donors (Lipinski definition) is 0. The van der Waals surface area contributed by atoms with Gasteiger partial charge >= 0.3 is 0 Å². The summed E-state index contributed by atoms with van der Waals surface area (Å²) in [5, 5.41) is 4.13. The Bertz CT molecular complexity index is 515. The second-order valence-electron chi connectivity index (χ2n) is 4.01. The van der Waals surface area contributed by atoms with Crippen LogP contribution in [0.3, 0.4) is 0 Å². The van der Waals surface area contributed by atoms with E-state index in [2.05, 4.69) is 15.0 Å². The Hall–Kier alpha value is -1.33. The number of ether oxygens (including phenoxy) is 1. The summed E-state index contributed by atoms with van der Waals surface area (Å²) in [4.78, 5) is 6.75. The van der Waals surface area contributed by atoms with Gasteiger partial charge in [0.05, 0.1) is 24.8 Å². The molecular formula is C11H13ClN4O. The van der Waals surface area contributed by atoms with Crippen molar-refractivity contribution < 1.29 is 4.74 Å². The average Bonchev–Trinajstić information content (AvgIpc) is 2.86. The Morgan fingerprint density at radius 1 is 1.47 bits per heavy atom. The van der Waals surface area contributed by atoms with Crippen molar-refractivity contribution >= 4 is 23.1 Å². The highest BCUT2D eigenvalue weighted by atomic mass is 35.5. The fourth-order valence-electron chi connectivity index (χ4n) is 2.00. The van der Waals surface area contributed by atoms with E-state index in [1.807, 2.05) is 18.3 Å². The number of morpholine rings is 1. The Morgan fingerprint density at radius 3 is 3.29 bits per heavy atom. The fourth-order valence-corrected chi connectivity index (χ4v) is 2.19. The molecule has 1 fully saturated rings. The van der Waals surface area contributed by atoms with Gasteiger partial charge in [0.15, 0.2) is 5.65 Å². The van der Waals surface area contributed by atoms with Crippen molar-refractivity contribution in [2.24, 2.45) is 0 Å². The largest absolute Gasteiger partial charge is 0.373 e. The second kappa shape index (κ2) is 4.50. The molecule has 17 heavy (non-hydrogen) atoms. The van der Waals surface area contributed by atoms with Crippen LogP contribution in [-0.2, 0) is 4.74 Å². The molecular weight excluding hydrogens is 240 g/mol. The van der Waals surface area contributed by atoms with Crippen molar-refractivity contribution in [2.75, 3.05) is 30.5 Å². The van der Waals surface area contributed by atoms with E-state index in [1.165, 1.54) is 0 Å². The van der Waals surface area contributed by atoms with Gasteiger partial charge in [0.25, 0.3) is 0 Å². The molecule has 3 heterocycles. The maximum atomic E-state index is 5.82. The van der Waals surface area contributed by atoms with Gasteiger partial charge in [0.1, 0.15) is 5.82 Å². The zero-order chi connectivity index (χ0) is 11.7. The zero-order valence-electron chi connectivity index (χ0n) is 9.29. The molecule has 0 N–H and O–H groups in total. The molecule has 1 aliphatic heterocycles. The molecule has 1 unspecified atom stereocenters. The van der Waals surface area contributed by atoms with E-state index in [-0.39, 0.29) is 6.10 Å². The highest BCUT2D eigenvalue weighted by Gasteiger charge is 2.20. The summed E-state index contributed by atoms with van der Waals surface area (Å²) in [7, 11) is 0. The minimum atomic E-state index is 0.0911. The van der Waals surface area contributed by atoms with Crippen LogP contribution in [0.4, 0.5) is 5.82 Å². The molecule has 0 aliphatic carbocycles. The van der Waals surface area contributed by atoms with Crippen molar-refractivity contribution in [3.63, 3.8) is 0 Å². The first-order valence-electron chi connectivity index (χ1n) is 5.60. The van der Waals surface area contributed by atoms with E-state index >= 15 is 0 Å². The second-order valence-corrected chi connectivity index (χ2v) is 4.32. The van der Waals surface area contributed by atoms with Gasteiger partial charge in [0.2, 0.25) is 0 Å². The Labute approximate surface area is 104 Å². The molecule has 0 bridgehead atoms. The molecule has 0 saturated carbocycles. The summed E-state index contributed by atoms with van der Waals surface area (Å²) in [5.41, 5.74) is 0.858. The molecule has 0 radical (unpaired) electrons. The van der Waals surface area contributed by atoms with Crippen molar-refractivity contribution in [3.8, 4) is 0 Å². The summed E-state index contributed by atoms with van der Waals surface area (Å²) in [6.07, 6.45) is 3.75.